The van der Waals surface area contributed by atoms with Gasteiger partial charge in [0.1, 0.15) is 5.69 Å². The molecule has 0 unspecified atom stereocenters. The molecule has 7 heteroatoms. The molecule has 2 rings (SSSR count). The van der Waals surface area contributed by atoms with Gasteiger partial charge in [-0.3, -0.25) is 4.79 Å². The van der Waals surface area contributed by atoms with E-state index in [0.717, 1.165) is 25.7 Å². The number of hydrogen-bond donors (Lipinski definition) is 1. The van der Waals surface area contributed by atoms with Crippen LogP contribution in [-0.2, 0) is 14.3 Å². The molecule has 1 N–H and O–H groups in total. The average Bonchev–Trinajstić information content (AvgIpc) is 2.94. The summed E-state index contributed by atoms with van der Waals surface area (Å²) in [5.41, 5.74) is 1.52. The topological polar surface area (TPSA) is 88.7 Å². The molecule has 2 heterocycles. The van der Waals surface area contributed by atoms with Crippen LogP contribution in [0, 0.1) is 13.8 Å². The van der Waals surface area contributed by atoms with Gasteiger partial charge in [-0.15, -0.1) is 0 Å². The van der Waals surface area contributed by atoms with Crippen LogP contribution in [0.2, 0.25) is 0 Å². The molecule has 0 aromatic carbocycles. The molecule has 0 radical (unpaired) electrons. The van der Waals surface area contributed by atoms with Crippen molar-refractivity contribution in [1.82, 2.24) is 9.88 Å². The van der Waals surface area contributed by atoms with Gasteiger partial charge in [0.2, 0.25) is 0 Å². The Kier molecular flexibility index (Phi) is 6.83. The zero-order valence-corrected chi connectivity index (χ0v) is 16.0. The lowest BCUT2D eigenvalue weighted by atomic mass is 10.00. The van der Waals surface area contributed by atoms with Gasteiger partial charge < -0.3 is 19.4 Å². The normalized spacial score (nSPS) is 17.1. The Hall–Kier alpha value is -2.31. The van der Waals surface area contributed by atoms with Crippen molar-refractivity contribution < 1.29 is 23.9 Å². The van der Waals surface area contributed by atoms with E-state index in [1.165, 1.54) is 0 Å². The SMILES string of the molecule is CCOC(=O)c1[nH]c(C)c(C(=O)OCC(=O)N2CCCC[C@H]2CC)c1C. The maximum atomic E-state index is 12.5. The first-order valence-electron chi connectivity index (χ1n) is 9.23. The molecular formula is C19H28N2O5. The number of piperidine rings is 1. The number of H-pyrrole nitrogens is 1. The van der Waals surface area contributed by atoms with Crippen molar-refractivity contribution in [3.8, 4) is 0 Å². The Morgan fingerprint density at radius 3 is 2.50 bits per heavy atom. The van der Waals surface area contributed by atoms with E-state index >= 15 is 0 Å². The molecule has 7 nitrogen and oxygen atoms in total. The highest BCUT2D eigenvalue weighted by atomic mass is 16.5. The zero-order valence-electron chi connectivity index (χ0n) is 16.0. The maximum Gasteiger partial charge on any atom is 0.355 e. The minimum absolute atomic E-state index is 0.165. The van der Waals surface area contributed by atoms with E-state index in [0.29, 0.717) is 17.8 Å². The number of aryl methyl sites for hydroxylation is 1. The van der Waals surface area contributed by atoms with E-state index in [-0.39, 0.29) is 36.4 Å². The predicted octanol–water partition coefficient (Wildman–Crippen LogP) is 2.76. The molecule has 0 bridgehead atoms. The molecule has 1 aliphatic heterocycles. The van der Waals surface area contributed by atoms with Crippen LogP contribution in [0.3, 0.4) is 0 Å². The van der Waals surface area contributed by atoms with Crippen molar-refractivity contribution >= 4 is 17.8 Å². The number of nitrogens with one attached hydrogen (secondary N) is 1. The number of hydrogen-bond acceptors (Lipinski definition) is 5. The molecular weight excluding hydrogens is 336 g/mol. The molecule has 0 saturated carbocycles. The first kappa shape index (κ1) is 20.0. The number of carbonyl (C=O) groups excluding carboxylic acids is 3. The van der Waals surface area contributed by atoms with Gasteiger partial charge in [0.25, 0.3) is 5.91 Å². The highest BCUT2D eigenvalue weighted by Gasteiger charge is 2.28. The van der Waals surface area contributed by atoms with Gasteiger partial charge in [0.05, 0.1) is 12.2 Å². The van der Waals surface area contributed by atoms with Crippen LogP contribution in [0.4, 0.5) is 0 Å². The summed E-state index contributed by atoms with van der Waals surface area (Å²) in [4.78, 5) is 41.5. The molecule has 1 aromatic heterocycles. The van der Waals surface area contributed by atoms with Gasteiger partial charge in [-0.25, -0.2) is 9.59 Å². The quantitative estimate of drug-likeness (QED) is 0.784. The van der Waals surface area contributed by atoms with Gasteiger partial charge in [-0.1, -0.05) is 6.92 Å². The van der Waals surface area contributed by atoms with Gasteiger partial charge in [-0.2, -0.15) is 0 Å². The molecule has 1 aliphatic rings. The molecule has 26 heavy (non-hydrogen) atoms. The van der Waals surface area contributed by atoms with Crippen molar-refractivity contribution in [3.05, 3.63) is 22.5 Å². The van der Waals surface area contributed by atoms with E-state index in [9.17, 15) is 14.4 Å². The van der Waals surface area contributed by atoms with Crippen LogP contribution in [0.1, 0.15) is 71.6 Å². The van der Waals surface area contributed by atoms with E-state index in [1.807, 2.05) is 4.90 Å². The van der Waals surface area contributed by atoms with Crippen molar-refractivity contribution in [2.45, 2.75) is 59.4 Å². The number of nitrogens with zero attached hydrogens (tertiary/aromatic N) is 1. The van der Waals surface area contributed by atoms with Crippen molar-refractivity contribution in [2.75, 3.05) is 19.8 Å². The number of rotatable bonds is 6. The number of ether oxygens (including phenoxy) is 2. The fraction of sp³-hybridized carbons (Fsp3) is 0.632. The number of likely N-dealkylation sites (tertiary alicyclic amines) is 1. The zero-order chi connectivity index (χ0) is 19.3. The van der Waals surface area contributed by atoms with Crippen molar-refractivity contribution in [2.24, 2.45) is 0 Å². The summed E-state index contributed by atoms with van der Waals surface area (Å²) in [6, 6.07) is 0.223. The Morgan fingerprint density at radius 1 is 1.12 bits per heavy atom. The largest absolute Gasteiger partial charge is 0.461 e. The number of esters is 2. The number of carbonyl (C=O) groups is 3. The Labute approximate surface area is 154 Å². The second-order valence-electron chi connectivity index (χ2n) is 6.57. The highest BCUT2D eigenvalue weighted by Crippen LogP contribution is 2.21. The Balaban J connectivity index is 2.04. The van der Waals surface area contributed by atoms with E-state index in [1.54, 1.807) is 20.8 Å². The smallest absolute Gasteiger partial charge is 0.355 e. The van der Waals surface area contributed by atoms with E-state index in [4.69, 9.17) is 9.47 Å². The van der Waals surface area contributed by atoms with Crippen LogP contribution >= 0.6 is 0 Å². The lowest BCUT2D eigenvalue weighted by Gasteiger charge is -2.35. The molecule has 1 aromatic rings. The minimum atomic E-state index is -0.606. The van der Waals surface area contributed by atoms with Crippen molar-refractivity contribution in [1.29, 1.82) is 0 Å². The number of aromatic nitrogens is 1. The maximum absolute atomic E-state index is 12.5. The number of aromatic amines is 1. The summed E-state index contributed by atoms with van der Waals surface area (Å²) in [5.74, 6) is -1.28. The molecule has 0 aliphatic carbocycles. The van der Waals surface area contributed by atoms with Gasteiger partial charge >= 0.3 is 11.9 Å². The molecule has 1 atom stereocenters. The van der Waals surface area contributed by atoms with Crippen LogP contribution in [0.5, 0.6) is 0 Å². The Bertz CT molecular complexity index is 680. The summed E-state index contributed by atoms with van der Waals surface area (Å²) in [7, 11) is 0. The summed E-state index contributed by atoms with van der Waals surface area (Å²) in [5, 5.41) is 0. The summed E-state index contributed by atoms with van der Waals surface area (Å²) in [6.45, 7) is 7.80. The summed E-state index contributed by atoms with van der Waals surface area (Å²) >= 11 is 0. The minimum Gasteiger partial charge on any atom is -0.461 e. The Morgan fingerprint density at radius 2 is 1.85 bits per heavy atom. The van der Waals surface area contributed by atoms with Crippen LogP contribution in [0.15, 0.2) is 0 Å². The van der Waals surface area contributed by atoms with Crippen LogP contribution in [0.25, 0.3) is 0 Å². The lowest BCUT2D eigenvalue weighted by molar-refractivity contribution is -0.138. The summed E-state index contributed by atoms with van der Waals surface area (Å²) < 4.78 is 10.2. The standard InChI is InChI=1S/C19H28N2O5/c1-5-14-9-7-8-10-21(14)15(22)11-26-18(23)16-12(3)17(20-13(16)4)19(24)25-6-2/h14,20H,5-11H2,1-4H3/t14-/m1/s1. The third kappa shape index (κ3) is 4.26. The monoisotopic (exact) mass is 364 g/mol. The van der Waals surface area contributed by atoms with Gasteiger partial charge in [0.15, 0.2) is 6.61 Å². The fourth-order valence-electron chi connectivity index (χ4n) is 3.50. The fourth-order valence-corrected chi connectivity index (χ4v) is 3.50. The lowest BCUT2D eigenvalue weighted by Crippen LogP contribution is -2.45. The third-order valence-corrected chi connectivity index (χ3v) is 4.87. The van der Waals surface area contributed by atoms with E-state index in [2.05, 4.69) is 11.9 Å². The number of amides is 1. The summed E-state index contributed by atoms with van der Waals surface area (Å²) in [6.07, 6.45) is 4.00. The third-order valence-electron chi connectivity index (χ3n) is 4.87. The molecule has 1 amide bonds. The second kappa shape index (κ2) is 8.87. The first-order chi connectivity index (χ1) is 12.4. The average molecular weight is 364 g/mol. The molecule has 0 spiro atoms. The van der Waals surface area contributed by atoms with Crippen molar-refractivity contribution in [3.63, 3.8) is 0 Å². The molecule has 144 valence electrons. The predicted molar refractivity (Wildman–Crippen MR) is 96.1 cm³/mol. The van der Waals surface area contributed by atoms with Gasteiger partial charge in [0, 0.05) is 18.3 Å². The second-order valence-corrected chi connectivity index (χ2v) is 6.57. The van der Waals surface area contributed by atoms with Gasteiger partial charge in [-0.05, 0) is 52.0 Å². The first-order valence-corrected chi connectivity index (χ1v) is 9.23. The van der Waals surface area contributed by atoms with Crippen LogP contribution < -0.4 is 0 Å². The van der Waals surface area contributed by atoms with E-state index < -0.39 is 11.9 Å². The molecule has 1 saturated heterocycles. The molecule has 1 fully saturated rings. The highest BCUT2D eigenvalue weighted by molar-refractivity contribution is 5.99. The van der Waals surface area contributed by atoms with Crippen LogP contribution in [-0.4, -0.2) is 53.5 Å².